The third kappa shape index (κ3) is 5.42. The van der Waals surface area contributed by atoms with E-state index in [9.17, 15) is 13.2 Å². The molecule has 1 fully saturated rings. The third-order valence-electron chi connectivity index (χ3n) is 6.02. The monoisotopic (exact) mass is 474 g/mol. The van der Waals surface area contributed by atoms with Gasteiger partial charge in [-0.15, -0.1) is 0 Å². The highest BCUT2D eigenvalue weighted by Crippen LogP contribution is 2.35. The number of fused-ring (bicyclic) bond motifs is 1. The fourth-order valence-corrected chi connectivity index (χ4v) is 5.46. The zero-order valence-electron chi connectivity index (χ0n) is 19.0. The number of carbonyl (C=O) groups excluding carboxylic acids is 1. The van der Waals surface area contributed by atoms with E-state index in [0.29, 0.717) is 67.1 Å². The van der Waals surface area contributed by atoms with Gasteiger partial charge in [-0.25, -0.2) is 8.42 Å². The van der Waals surface area contributed by atoms with E-state index in [1.807, 2.05) is 12.1 Å². The van der Waals surface area contributed by atoms with Gasteiger partial charge in [0, 0.05) is 25.1 Å². The number of nitrogens with one attached hydrogen (secondary N) is 1. The van der Waals surface area contributed by atoms with Gasteiger partial charge in [0.1, 0.15) is 12.4 Å². The topological polar surface area (TPSA) is 94.2 Å². The molecular formula is C24H30N2O6S. The molecule has 0 radical (unpaired) electrons. The number of sulfonamides is 1. The molecule has 8 nitrogen and oxygen atoms in total. The SMILES string of the molecule is CC(C)c1ccc(S(=O)(=O)N2CCC(C(=O)NCCOc3ccc4c(c3)OCO4)CC2)cc1. The maximum atomic E-state index is 13.0. The van der Waals surface area contributed by atoms with Crippen molar-refractivity contribution in [1.29, 1.82) is 0 Å². The Morgan fingerprint density at radius 3 is 2.48 bits per heavy atom. The van der Waals surface area contributed by atoms with Crippen LogP contribution in [-0.2, 0) is 14.8 Å². The third-order valence-corrected chi connectivity index (χ3v) is 7.94. The molecule has 0 aromatic heterocycles. The zero-order chi connectivity index (χ0) is 23.4. The van der Waals surface area contributed by atoms with Crippen molar-refractivity contribution in [3.05, 3.63) is 48.0 Å². The van der Waals surface area contributed by atoms with Gasteiger partial charge >= 0.3 is 0 Å². The minimum absolute atomic E-state index is 0.0670. The van der Waals surface area contributed by atoms with Crippen LogP contribution in [0.4, 0.5) is 0 Å². The summed E-state index contributed by atoms with van der Waals surface area (Å²) in [4.78, 5) is 12.8. The molecule has 0 atom stereocenters. The van der Waals surface area contributed by atoms with E-state index >= 15 is 0 Å². The smallest absolute Gasteiger partial charge is 0.243 e. The summed E-state index contributed by atoms with van der Waals surface area (Å²) >= 11 is 0. The maximum absolute atomic E-state index is 13.0. The number of rotatable bonds is 8. The van der Waals surface area contributed by atoms with E-state index in [4.69, 9.17) is 14.2 Å². The summed E-state index contributed by atoms with van der Waals surface area (Å²) < 4.78 is 43.6. The molecule has 2 aromatic carbocycles. The van der Waals surface area contributed by atoms with Gasteiger partial charge in [0.15, 0.2) is 11.5 Å². The molecule has 2 aliphatic heterocycles. The number of benzene rings is 2. The Hall–Kier alpha value is -2.78. The minimum atomic E-state index is -3.55. The van der Waals surface area contributed by atoms with Gasteiger partial charge in [0.25, 0.3) is 0 Å². The molecule has 33 heavy (non-hydrogen) atoms. The molecule has 4 rings (SSSR count). The van der Waals surface area contributed by atoms with Crippen LogP contribution in [0.1, 0.15) is 38.2 Å². The number of ether oxygens (including phenoxy) is 3. The van der Waals surface area contributed by atoms with Crippen molar-refractivity contribution in [3.63, 3.8) is 0 Å². The molecule has 9 heteroatoms. The van der Waals surface area contributed by atoms with Gasteiger partial charge in [0.2, 0.25) is 22.7 Å². The predicted molar refractivity (Wildman–Crippen MR) is 123 cm³/mol. The molecule has 1 N–H and O–H groups in total. The Bertz CT molecular complexity index is 1080. The molecule has 0 unspecified atom stereocenters. The second kappa shape index (κ2) is 10.0. The maximum Gasteiger partial charge on any atom is 0.243 e. The molecular weight excluding hydrogens is 444 g/mol. The van der Waals surface area contributed by atoms with Crippen molar-refractivity contribution in [2.24, 2.45) is 5.92 Å². The van der Waals surface area contributed by atoms with E-state index in [-0.39, 0.29) is 18.6 Å². The van der Waals surface area contributed by atoms with Crippen molar-refractivity contribution in [1.82, 2.24) is 9.62 Å². The van der Waals surface area contributed by atoms with Gasteiger partial charge in [-0.1, -0.05) is 26.0 Å². The van der Waals surface area contributed by atoms with Crippen LogP contribution >= 0.6 is 0 Å². The van der Waals surface area contributed by atoms with Crippen LogP contribution in [-0.4, -0.2) is 51.7 Å². The lowest BCUT2D eigenvalue weighted by Crippen LogP contribution is -2.43. The summed E-state index contributed by atoms with van der Waals surface area (Å²) in [6, 6.07) is 12.4. The first kappa shape index (κ1) is 23.4. The largest absolute Gasteiger partial charge is 0.492 e. The van der Waals surface area contributed by atoms with Crippen molar-refractivity contribution in [3.8, 4) is 17.2 Å². The highest BCUT2D eigenvalue weighted by Gasteiger charge is 2.32. The molecule has 2 aromatic rings. The van der Waals surface area contributed by atoms with Crippen LogP contribution in [0.15, 0.2) is 47.4 Å². The fraction of sp³-hybridized carbons (Fsp3) is 0.458. The van der Waals surface area contributed by atoms with Gasteiger partial charge in [-0.05, 0) is 48.6 Å². The first-order chi connectivity index (χ1) is 15.8. The molecule has 178 valence electrons. The second-order valence-corrected chi connectivity index (χ2v) is 10.5. The number of carbonyl (C=O) groups is 1. The molecule has 1 amide bonds. The van der Waals surface area contributed by atoms with Gasteiger partial charge in [-0.3, -0.25) is 4.79 Å². The summed E-state index contributed by atoms with van der Waals surface area (Å²) in [6.45, 7) is 5.71. The first-order valence-electron chi connectivity index (χ1n) is 11.2. The van der Waals surface area contributed by atoms with Crippen molar-refractivity contribution in [2.45, 2.75) is 37.5 Å². The van der Waals surface area contributed by atoms with E-state index in [1.165, 1.54) is 4.31 Å². The van der Waals surface area contributed by atoms with Crippen LogP contribution in [0.3, 0.4) is 0 Å². The van der Waals surface area contributed by atoms with Crippen LogP contribution in [0.25, 0.3) is 0 Å². The second-order valence-electron chi connectivity index (χ2n) is 8.56. The molecule has 1 saturated heterocycles. The standard InChI is InChI=1S/C24H30N2O6S/c1-17(2)18-3-6-21(7-4-18)33(28,29)26-12-9-19(10-13-26)24(27)25-11-14-30-20-5-8-22-23(15-20)32-16-31-22/h3-8,15,17,19H,9-14,16H2,1-2H3,(H,25,27). The summed E-state index contributed by atoms with van der Waals surface area (Å²) in [5.41, 5.74) is 1.10. The summed E-state index contributed by atoms with van der Waals surface area (Å²) in [5.74, 6) is 2.06. The van der Waals surface area contributed by atoms with Crippen molar-refractivity contribution in [2.75, 3.05) is 33.0 Å². The van der Waals surface area contributed by atoms with E-state index in [2.05, 4.69) is 19.2 Å². The van der Waals surface area contributed by atoms with Crippen LogP contribution in [0, 0.1) is 5.92 Å². The highest BCUT2D eigenvalue weighted by molar-refractivity contribution is 7.89. The van der Waals surface area contributed by atoms with Gasteiger partial charge in [-0.2, -0.15) is 4.31 Å². The lowest BCUT2D eigenvalue weighted by molar-refractivity contribution is -0.126. The quantitative estimate of drug-likeness (QED) is 0.591. The molecule has 0 saturated carbocycles. The van der Waals surface area contributed by atoms with Crippen LogP contribution in [0.5, 0.6) is 17.2 Å². The Balaban J connectivity index is 1.21. The highest BCUT2D eigenvalue weighted by atomic mass is 32.2. The van der Waals surface area contributed by atoms with Crippen LogP contribution in [0.2, 0.25) is 0 Å². The predicted octanol–water partition coefficient (Wildman–Crippen LogP) is 3.13. The average molecular weight is 475 g/mol. The molecule has 0 aliphatic carbocycles. The first-order valence-corrected chi connectivity index (χ1v) is 12.7. The number of amides is 1. The van der Waals surface area contributed by atoms with Gasteiger partial charge in [0.05, 0.1) is 11.4 Å². The molecule has 2 aliphatic rings. The van der Waals surface area contributed by atoms with Crippen molar-refractivity contribution >= 4 is 15.9 Å². The number of piperidine rings is 1. The lowest BCUT2D eigenvalue weighted by Gasteiger charge is -2.30. The summed E-state index contributed by atoms with van der Waals surface area (Å²) in [5, 5.41) is 2.89. The number of hydrogen-bond donors (Lipinski definition) is 1. The van der Waals surface area contributed by atoms with E-state index < -0.39 is 10.0 Å². The van der Waals surface area contributed by atoms with E-state index in [0.717, 1.165) is 5.56 Å². The zero-order valence-corrected chi connectivity index (χ0v) is 19.8. The van der Waals surface area contributed by atoms with Crippen LogP contribution < -0.4 is 19.5 Å². The molecule has 0 bridgehead atoms. The Morgan fingerprint density at radius 2 is 1.79 bits per heavy atom. The molecule has 0 spiro atoms. The summed E-state index contributed by atoms with van der Waals surface area (Å²) in [6.07, 6.45) is 0.996. The number of hydrogen-bond acceptors (Lipinski definition) is 6. The normalized spacial score (nSPS) is 16.7. The lowest BCUT2D eigenvalue weighted by atomic mass is 9.97. The Labute approximate surface area is 194 Å². The van der Waals surface area contributed by atoms with E-state index in [1.54, 1.807) is 30.3 Å². The Morgan fingerprint density at radius 1 is 1.09 bits per heavy atom. The molecule has 2 heterocycles. The van der Waals surface area contributed by atoms with Gasteiger partial charge < -0.3 is 19.5 Å². The Kier molecular flexibility index (Phi) is 7.09. The summed E-state index contributed by atoms with van der Waals surface area (Å²) in [7, 11) is -3.55. The minimum Gasteiger partial charge on any atom is -0.492 e. The van der Waals surface area contributed by atoms with Crippen molar-refractivity contribution < 1.29 is 27.4 Å². The average Bonchev–Trinajstić information content (AvgIpc) is 3.30. The fourth-order valence-electron chi connectivity index (χ4n) is 3.99. The number of nitrogens with zero attached hydrogens (tertiary/aromatic N) is 1.